The average Bonchev–Trinajstić information content (AvgIpc) is 2.90. The van der Waals surface area contributed by atoms with Crippen LogP contribution in [0, 0.1) is 0 Å². The molecule has 0 unspecified atom stereocenters. The van der Waals surface area contributed by atoms with Gasteiger partial charge in [0.1, 0.15) is 11.6 Å². The predicted molar refractivity (Wildman–Crippen MR) is 87.9 cm³/mol. The van der Waals surface area contributed by atoms with Crippen LogP contribution in [0.3, 0.4) is 0 Å². The SMILES string of the molecule is CCNc1nc(C2CCCCCC2)nc2c1CCCCC2. The van der Waals surface area contributed by atoms with E-state index in [-0.39, 0.29) is 0 Å². The van der Waals surface area contributed by atoms with Gasteiger partial charge in [0.05, 0.1) is 0 Å². The van der Waals surface area contributed by atoms with Crippen LogP contribution in [0.1, 0.15) is 87.7 Å². The number of nitrogens with zero attached hydrogens (tertiary/aromatic N) is 2. The van der Waals surface area contributed by atoms with Gasteiger partial charge in [0, 0.05) is 23.7 Å². The van der Waals surface area contributed by atoms with Crippen LogP contribution < -0.4 is 5.32 Å². The van der Waals surface area contributed by atoms with Crippen molar-refractivity contribution in [2.24, 2.45) is 0 Å². The maximum absolute atomic E-state index is 5.03. The fraction of sp³-hybridized carbons (Fsp3) is 0.778. The Balaban J connectivity index is 1.92. The first-order chi connectivity index (χ1) is 10.4. The normalized spacial score (nSPS) is 20.4. The molecular weight excluding hydrogens is 258 g/mol. The molecule has 1 aromatic rings. The van der Waals surface area contributed by atoms with Gasteiger partial charge < -0.3 is 5.32 Å². The summed E-state index contributed by atoms with van der Waals surface area (Å²) in [4.78, 5) is 9.99. The van der Waals surface area contributed by atoms with E-state index >= 15 is 0 Å². The van der Waals surface area contributed by atoms with Gasteiger partial charge in [-0.05, 0) is 45.4 Å². The van der Waals surface area contributed by atoms with Gasteiger partial charge in [-0.3, -0.25) is 0 Å². The van der Waals surface area contributed by atoms with Crippen molar-refractivity contribution in [2.75, 3.05) is 11.9 Å². The molecule has 2 aliphatic rings. The van der Waals surface area contributed by atoms with Crippen LogP contribution >= 0.6 is 0 Å². The third kappa shape index (κ3) is 3.56. The average molecular weight is 287 g/mol. The van der Waals surface area contributed by atoms with E-state index in [9.17, 15) is 0 Å². The second-order valence-corrected chi connectivity index (χ2v) is 6.64. The van der Waals surface area contributed by atoms with Crippen LogP contribution in [0.25, 0.3) is 0 Å². The van der Waals surface area contributed by atoms with Gasteiger partial charge in [-0.1, -0.05) is 32.1 Å². The van der Waals surface area contributed by atoms with E-state index in [2.05, 4.69) is 12.2 Å². The molecule has 3 heteroatoms. The fourth-order valence-corrected chi connectivity index (χ4v) is 3.82. The molecule has 0 saturated heterocycles. The number of nitrogens with one attached hydrogen (secondary N) is 1. The molecule has 1 saturated carbocycles. The molecule has 21 heavy (non-hydrogen) atoms. The van der Waals surface area contributed by atoms with Crippen LogP contribution in [-0.4, -0.2) is 16.5 Å². The number of hydrogen-bond acceptors (Lipinski definition) is 3. The Labute approximate surface area is 129 Å². The van der Waals surface area contributed by atoms with Gasteiger partial charge in [0.15, 0.2) is 0 Å². The first-order valence-electron chi connectivity index (χ1n) is 9.02. The summed E-state index contributed by atoms with van der Waals surface area (Å²) in [6.45, 7) is 3.12. The Hall–Kier alpha value is -1.12. The largest absolute Gasteiger partial charge is 0.370 e. The molecule has 0 radical (unpaired) electrons. The highest BCUT2D eigenvalue weighted by atomic mass is 15.0. The predicted octanol–water partition coefficient (Wildman–Crippen LogP) is 4.62. The standard InChI is InChI=1S/C18H29N3/c1-2-19-18-15-12-8-5-9-13-16(15)20-17(21-18)14-10-6-3-4-7-11-14/h14H,2-13H2,1H3,(H,19,20,21). The van der Waals surface area contributed by atoms with Crippen molar-refractivity contribution >= 4 is 5.82 Å². The molecule has 116 valence electrons. The van der Waals surface area contributed by atoms with Crippen LogP contribution in [0.5, 0.6) is 0 Å². The Morgan fingerprint density at radius 1 is 0.905 bits per heavy atom. The zero-order chi connectivity index (χ0) is 14.5. The van der Waals surface area contributed by atoms with E-state index in [1.807, 2.05) is 0 Å². The summed E-state index contributed by atoms with van der Waals surface area (Å²) in [5, 5.41) is 3.51. The molecular formula is C18H29N3. The summed E-state index contributed by atoms with van der Waals surface area (Å²) in [6.07, 6.45) is 14.3. The van der Waals surface area contributed by atoms with E-state index < -0.39 is 0 Å². The number of hydrogen-bond donors (Lipinski definition) is 1. The zero-order valence-corrected chi connectivity index (χ0v) is 13.5. The van der Waals surface area contributed by atoms with E-state index in [1.165, 1.54) is 69.0 Å². The maximum atomic E-state index is 5.03. The second-order valence-electron chi connectivity index (χ2n) is 6.64. The summed E-state index contributed by atoms with van der Waals surface area (Å²) in [6, 6.07) is 0. The number of rotatable bonds is 3. The van der Waals surface area contributed by atoms with Crippen molar-refractivity contribution in [1.29, 1.82) is 0 Å². The molecule has 0 aliphatic heterocycles. The quantitative estimate of drug-likeness (QED) is 0.651. The van der Waals surface area contributed by atoms with Crippen LogP contribution in [-0.2, 0) is 12.8 Å². The maximum Gasteiger partial charge on any atom is 0.134 e. The number of fused-ring (bicyclic) bond motifs is 1. The highest BCUT2D eigenvalue weighted by Crippen LogP contribution is 2.32. The lowest BCUT2D eigenvalue weighted by Gasteiger charge is -2.18. The van der Waals surface area contributed by atoms with Crippen molar-refractivity contribution < 1.29 is 0 Å². The molecule has 0 amide bonds. The Morgan fingerprint density at radius 3 is 2.38 bits per heavy atom. The monoisotopic (exact) mass is 287 g/mol. The van der Waals surface area contributed by atoms with Crippen LogP contribution in [0.2, 0.25) is 0 Å². The molecule has 0 aromatic carbocycles. The van der Waals surface area contributed by atoms with Crippen LogP contribution in [0.4, 0.5) is 5.82 Å². The van der Waals surface area contributed by atoms with Crippen molar-refractivity contribution in [3.05, 3.63) is 17.1 Å². The third-order valence-corrected chi connectivity index (χ3v) is 5.01. The molecule has 1 aromatic heterocycles. The van der Waals surface area contributed by atoms with Crippen molar-refractivity contribution in [3.8, 4) is 0 Å². The van der Waals surface area contributed by atoms with Crippen molar-refractivity contribution in [1.82, 2.24) is 9.97 Å². The first-order valence-corrected chi connectivity index (χ1v) is 9.02. The van der Waals surface area contributed by atoms with Crippen molar-refractivity contribution in [2.45, 2.75) is 83.5 Å². The van der Waals surface area contributed by atoms with E-state index in [1.54, 1.807) is 0 Å². The van der Waals surface area contributed by atoms with Crippen LogP contribution in [0.15, 0.2) is 0 Å². The minimum absolute atomic E-state index is 0.596. The molecule has 0 atom stereocenters. The molecule has 0 bridgehead atoms. The molecule has 2 aliphatic carbocycles. The van der Waals surface area contributed by atoms with E-state index in [0.29, 0.717) is 5.92 Å². The molecule has 3 nitrogen and oxygen atoms in total. The van der Waals surface area contributed by atoms with Gasteiger partial charge in [0.2, 0.25) is 0 Å². The molecule has 0 spiro atoms. The fourth-order valence-electron chi connectivity index (χ4n) is 3.82. The number of aromatic nitrogens is 2. The molecule has 1 fully saturated rings. The highest BCUT2D eigenvalue weighted by Gasteiger charge is 2.22. The van der Waals surface area contributed by atoms with Gasteiger partial charge >= 0.3 is 0 Å². The van der Waals surface area contributed by atoms with Gasteiger partial charge in [-0.15, -0.1) is 0 Å². The summed E-state index contributed by atoms with van der Waals surface area (Å²) >= 11 is 0. The zero-order valence-electron chi connectivity index (χ0n) is 13.5. The summed E-state index contributed by atoms with van der Waals surface area (Å²) in [7, 11) is 0. The first kappa shape index (κ1) is 14.8. The van der Waals surface area contributed by atoms with Crippen molar-refractivity contribution in [3.63, 3.8) is 0 Å². The summed E-state index contributed by atoms with van der Waals surface area (Å²) < 4.78 is 0. The summed E-state index contributed by atoms with van der Waals surface area (Å²) in [5.41, 5.74) is 2.75. The second kappa shape index (κ2) is 7.24. The Morgan fingerprint density at radius 2 is 1.62 bits per heavy atom. The summed E-state index contributed by atoms with van der Waals surface area (Å²) in [5.74, 6) is 2.87. The Bertz CT molecular complexity index is 462. The lowest BCUT2D eigenvalue weighted by Crippen LogP contribution is -2.13. The van der Waals surface area contributed by atoms with E-state index in [0.717, 1.165) is 31.0 Å². The lowest BCUT2D eigenvalue weighted by atomic mass is 9.98. The minimum Gasteiger partial charge on any atom is -0.370 e. The van der Waals surface area contributed by atoms with Gasteiger partial charge in [-0.25, -0.2) is 9.97 Å². The minimum atomic E-state index is 0.596. The smallest absolute Gasteiger partial charge is 0.134 e. The third-order valence-electron chi connectivity index (χ3n) is 5.01. The molecule has 1 heterocycles. The van der Waals surface area contributed by atoms with Gasteiger partial charge in [0.25, 0.3) is 0 Å². The number of aryl methyl sites for hydroxylation is 1. The van der Waals surface area contributed by atoms with Gasteiger partial charge in [-0.2, -0.15) is 0 Å². The topological polar surface area (TPSA) is 37.8 Å². The number of anilines is 1. The molecule has 3 rings (SSSR count). The molecule has 1 N–H and O–H groups in total. The lowest BCUT2D eigenvalue weighted by molar-refractivity contribution is 0.556. The van der Waals surface area contributed by atoms with E-state index in [4.69, 9.17) is 9.97 Å². The highest BCUT2D eigenvalue weighted by molar-refractivity contribution is 5.47. The Kier molecular flexibility index (Phi) is 5.10.